The van der Waals surface area contributed by atoms with Crippen LogP contribution in [0.2, 0.25) is 0 Å². The van der Waals surface area contributed by atoms with Crippen LogP contribution in [-0.4, -0.2) is 22.2 Å². The molecular weight excluding hydrogens is 239 g/mol. The molecule has 0 bridgehead atoms. The minimum absolute atomic E-state index is 0.196. The molecule has 0 unspecified atom stereocenters. The molecule has 0 atom stereocenters. The second-order valence-corrected chi connectivity index (χ2v) is 3.69. The number of nitrogens with zero attached hydrogens (tertiary/aromatic N) is 1. The molecule has 1 aliphatic rings. The normalized spacial score (nSPS) is 15.7. The second kappa shape index (κ2) is 3.90. The van der Waals surface area contributed by atoms with Crippen molar-refractivity contribution in [3.05, 3.63) is 23.5 Å². The maximum atomic E-state index is 12.4. The number of aromatic nitrogens is 1. The van der Waals surface area contributed by atoms with E-state index in [1.54, 1.807) is 0 Å². The molecule has 1 saturated carbocycles. The first-order valence-electron chi connectivity index (χ1n) is 4.85. The summed E-state index contributed by atoms with van der Waals surface area (Å²) in [4.78, 5) is 14.0. The van der Waals surface area contributed by atoms with Gasteiger partial charge in [0, 0.05) is 6.20 Å². The molecule has 7 heteroatoms. The van der Waals surface area contributed by atoms with Crippen LogP contribution in [0.25, 0.3) is 0 Å². The van der Waals surface area contributed by atoms with Crippen molar-refractivity contribution in [1.29, 1.82) is 0 Å². The minimum Gasteiger partial charge on any atom is -0.488 e. The maximum Gasteiger partial charge on any atom is 0.418 e. The van der Waals surface area contributed by atoms with Gasteiger partial charge in [-0.3, -0.25) is 0 Å². The highest BCUT2D eigenvalue weighted by Gasteiger charge is 2.34. The molecule has 1 aromatic rings. The summed E-state index contributed by atoms with van der Waals surface area (Å²) in [7, 11) is 0. The molecule has 0 radical (unpaired) electrons. The number of hydrogen-bond acceptors (Lipinski definition) is 3. The number of hydrogen-bond donors (Lipinski definition) is 1. The summed E-state index contributed by atoms with van der Waals surface area (Å²) in [5.41, 5.74) is -1.51. The van der Waals surface area contributed by atoms with Crippen LogP contribution in [0.5, 0.6) is 5.75 Å². The predicted octanol–water partition coefficient (Wildman–Crippen LogP) is 2.34. The summed E-state index contributed by atoms with van der Waals surface area (Å²) < 4.78 is 42.3. The third-order valence-corrected chi connectivity index (χ3v) is 2.20. The van der Waals surface area contributed by atoms with Crippen molar-refractivity contribution in [3.8, 4) is 5.75 Å². The van der Waals surface area contributed by atoms with Gasteiger partial charge in [0.15, 0.2) is 11.4 Å². The fraction of sp³-hybridized carbons (Fsp3) is 0.400. The van der Waals surface area contributed by atoms with Crippen LogP contribution < -0.4 is 4.74 Å². The average molecular weight is 247 g/mol. The number of carboxylic acids is 1. The number of carbonyl (C=O) groups is 1. The molecule has 1 aromatic heterocycles. The number of rotatable bonds is 3. The molecule has 0 amide bonds. The average Bonchev–Trinajstić information content (AvgIpc) is 2.99. The fourth-order valence-corrected chi connectivity index (χ4v) is 1.22. The topological polar surface area (TPSA) is 59.4 Å². The molecule has 1 N–H and O–H groups in total. The minimum atomic E-state index is -4.56. The Bertz CT molecular complexity index is 455. The van der Waals surface area contributed by atoms with Crippen molar-refractivity contribution in [1.82, 2.24) is 4.98 Å². The molecule has 17 heavy (non-hydrogen) atoms. The first kappa shape index (κ1) is 11.7. The zero-order chi connectivity index (χ0) is 12.6. The SMILES string of the molecule is O=C(O)c1ncc(C(F)(F)F)cc1OC1CC1. The smallest absolute Gasteiger partial charge is 0.418 e. The zero-order valence-electron chi connectivity index (χ0n) is 8.49. The van der Waals surface area contributed by atoms with Gasteiger partial charge in [-0.2, -0.15) is 13.2 Å². The number of pyridine rings is 1. The van der Waals surface area contributed by atoms with Crippen molar-refractivity contribution >= 4 is 5.97 Å². The fourth-order valence-electron chi connectivity index (χ4n) is 1.22. The van der Waals surface area contributed by atoms with Crippen molar-refractivity contribution in [2.24, 2.45) is 0 Å². The van der Waals surface area contributed by atoms with E-state index in [0.717, 1.165) is 12.8 Å². The highest BCUT2D eigenvalue weighted by Crippen LogP contribution is 2.34. The Kier molecular flexibility index (Phi) is 2.68. The van der Waals surface area contributed by atoms with Gasteiger partial charge in [0.25, 0.3) is 0 Å². The lowest BCUT2D eigenvalue weighted by atomic mass is 10.2. The Hall–Kier alpha value is -1.79. The van der Waals surface area contributed by atoms with Crippen LogP contribution in [0.3, 0.4) is 0 Å². The highest BCUT2D eigenvalue weighted by atomic mass is 19.4. The van der Waals surface area contributed by atoms with Gasteiger partial charge in [-0.25, -0.2) is 9.78 Å². The number of halogens is 3. The molecule has 1 aliphatic carbocycles. The molecule has 4 nitrogen and oxygen atoms in total. The molecule has 1 heterocycles. The zero-order valence-corrected chi connectivity index (χ0v) is 8.49. The van der Waals surface area contributed by atoms with E-state index < -0.39 is 23.4 Å². The third kappa shape index (κ3) is 2.66. The van der Waals surface area contributed by atoms with Gasteiger partial charge >= 0.3 is 12.1 Å². The van der Waals surface area contributed by atoms with E-state index >= 15 is 0 Å². The summed E-state index contributed by atoms with van der Waals surface area (Å²) in [5.74, 6) is -1.73. The molecule has 0 spiro atoms. The van der Waals surface area contributed by atoms with Gasteiger partial charge in [0.2, 0.25) is 0 Å². The van der Waals surface area contributed by atoms with E-state index in [1.807, 2.05) is 0 Å². The summed E-state index contributed by atoms with van der Waals surface area (Å²) in [6, 6.07) is 0.675. The Labute approximate surface area is 94.0 Å². The summed E-state index contributed by atoms with van der Waals surface area (Å²) in [6.45, 7) is 0. The number of ether oxygens (including phenoxy) is 1. The monoisotopic (exact) mass is 247 g/mol. The molecule has 1 fully saturated rings. The van der Waals surface area contributed by atoms with Crippen molar-refractivity contribution in [3.63, 3.8) is 0 Å². The molecule has 0 aliphatic heterocycles. The van der Waals surface area contributed by atoms with E-state index in [1.165, 1.54) is 0 Å². The van der Waals surface area contributed by atoms with Crippen LogP contribution >= 0.6 is 0 Å². The highest BCUT2D eigenvalue weighted by molar-refractivity contribution is 5.88. The Balaban J connectivity index is 2.38. The quantitative estimate of drug-likeness (QED) is 0.890. The van der Waals surface area contributed by atoms with E-state index in [2.05, 4.69) is 4.98 Å². The summed E-state index contributed by atoms with van der Waals surface area (Å²) in [5, 5.41) is 8.77. The lowest BCUT2D eigenvalue weighted by Crippen LogP contribution is -2.11. The van der Waals surface area contributed by atoms with Gasteiger partial charge in [0.1, 0.15) is 0 Å². The molecule has 0 saturated heterocycles. The van der Waals surface area contributed by atoms with Crippen LogP contribution in [-0.2, 0) is 6.18 Å². The van der Waals surface area contributed by atoms with E-state index in [0.29, 0.717) is 12.3 Å². The van der Waals surface area contributed by atoms with Gasteiger partial charge in [0.05, 0.1) is 11.7 Å². The third-order valence-electron chi connectivity index (χ3n) is 2.20. The van der Waals surface area contributed by atoms with Gasteiger partial charge in [-0.15, -0.1) is 0 Å². The first-order chi connectivity index (χ1) is 7.88. The Morgan fingerprint density at radius 3 is 2.59 bits per heavy atom. The van der Waals surface area contributed by atoms with Crippen molar-refractivity contribution in [2.45, 2.75) is 25.1 Å². The largest absolute Gasteiger partial charge is 0.488 e. The lowest BCUT2D eigenvalue weighted by Gasteiger charge is -2.11. The van der Waals surface area contributed by atoms with Crippen LogP contribution in [0, 0.1) is 0 Å². The molecule has 0 aromatic carbocycles. The number of carboxylic acid groups (broad SMARTS) is 1. The van der Waals surface area contributed by atoms with Crippen LogP contribution in [0.1, 0.15) is 28.9 Å². The van der Waals surface area contributed by atoms with Gasteiger partial charge in [-0.1, -0.05) is 0 Å². The van der Waals surface area contributed by atoms with Gasteiger partial charge < -0.3 is 9.84 Å². The van der Waals surface area contributed by atoms with Crippen LogP contribution in [0.4, 0.5) is 13.2 Å². The maximum absolute atomic E-state index is 12.4. The van der Waals surface area contributed by atoms with E-state index in [-0.39, 0.29) is 11.9 Å². The number of alkyl halides is 3. The first-order valence-corrected chi connectivity index (χ1v) is 4.85. The number of aromatic carboxylic acids is 1. The Morgan fingerprint density at radius 1 is 1.47 bits per heavy atom. The standard InChI is InChI=1S/C10H8F3NO3/c11-10(12,13)5-3-7(17-6-1-2-6)8(9(15)16)14-4-5/h3-4,6H,1-2H2,(H,15,16). The van der Waals surface area contributed by atoms with E-state index in [4.69, 9.17) is 9.84 Å². The van der Waals surface area contributed by atoms with Gasteiger partial charge in [-0.05, 0) is 18.9 Å². The van der Waals surface area contributed by atoms with Crippen molar-refractivity contribution < 1.29 is 27.8 Å². The molecule has 92 valence electrons. The van der Waals surface area contributed by atoms with E-state index in [9.17, 15) is 18.0 Å². The Morgan fingerprint density at radius 2 is 2.12 bits per heavy atom. The predicted molar refractivity (Wildman–Crippen MR) is 49.8 cm³/mol. The second-order valence-electron chi connectivity index (χ2n) is 3.69. The lowest BCUT2D eigenvalue weighted by molar-refractivity contribution is -0.138. The van der Waals surface area contributed by atoms with Crippen LogP contribution in [0.15, 0.2) is 12.3 Å². The molecular formula is C10H8F3NO3. The van der Waals surface area contributed by atoms with Crippen molar-refractivity contribution in [2.75, 3.05) is 0 Å². The summed E-state index contributed by atoms with van der Waals surface area (Å²) >= 11 is 0. The summed E-state index contributed by atoms with van der Waals surface area (Å²) in [6.07, 6.45) is -2.84. The molecule has 2 rings (SSSR count).